The second kappa shape index (κ2) is 6.74. The standard InChI is InChI=1S/C16H20N2O2S/c1-2-4-13-7-9-16(10-8-13)21(19,20)18-15-6-3-5-14(11-15)12-17/h3,5-11,18H,2,4,12,17H2,1H3. The van der Waals surface area contributed by atoms with Gasteiger partial charge in [0.1, 0.15) is 0 Å². The van der Waals surface area contributed by atoms with Crippen molar-refractivity contribution >= 4 is 15.7 Å². The summed E-state index contributed by atoms with van der Waals surface area (Å²) >= 11 is 0. The molecule has 0 saturated carbocycles. The van der Waals surface area contributed by atoms with Gasteiger partial charge in [-0.25, -0.2) is 8.42 Å². The Hall–Kier alpha value is -1.85. The van der Waals surface area contributed by atoms with Crippen LogP contribution in [0.5, 0.6) is 0 Å². The Morgan fingerprint density at radius 1 is 1.05 bits per heavy atom. The zero-order chi connectivity index (χ0) is 15.3. The minimum atomic E-state index is -3.56. The molecular weight excluding hydrogens is 284 g/mol. The van der Waals surface area contributed by atoms with Crippen LogP contribution in [0.1, 0.15) is 24.5 Å². The number of nitrogens with two attached hydrogens (primary N) is 1. The van der Waals surface area contributed by atoms with Crippen LogP contribution in [-0.2, 0) is 23.0 Å². The third kappa shape index (κ3) is 4.06. The molecule has 0 fully saturated rings. The molecule has 0 aliphatic rings. The van der Waals surface area contributed by atoms with Gasteiger partial charge in [0.2, 0.25) is 0 Å². The summed E-state index contributed by atoms with van der Waals surface area (Å²) in [6, 6.07) is 14.1. The van der Waals surface area contributed by atoms with Crippen LogP contribution in [0.2, 0.25) is 0 Å². The molecule has 0 amide bonds. The van der Waals surface area contributed by atoms with Crippen molar-refractivity contribution in [2.75, 3.05) is 4.72 Å². The van der Waals surface area contributed by atoms with Crippen LogP contribution in [-0.4, -0.2) is 8.42 Å². The van der Waals surface area contributed by atoms with Gasteiger partial charge in [-0.2, -0.15) is 0 Å². The maximum atomic E-state index is 12.3. The third-order valence-corrected chi connectivity index (χ3v) is 4.58. The van der Waals surface area contributed by atoms with Crippen molar-refractivity contribution in [3.63, 3.8) is 0 Å². The molecule has 0 aromatic heterocycles. The summed E-state index contributed by atoms with van der Waals surface area (Å²) in [5.41, 5.74) is 8.11. The van der Waals surface area contributed by atoms with Crippen LogP contribution >= 0.6 is 0 Å². The van der Waals surface area contributed by atoms with E-state index in [4.69, 9.17) is 5.73 Å². The molecule has 2 aromatic rings. The van der Waals surface area contributed by atoms with E-state index in [9.17, 15) is 8.42 Å². The molecule has 3 N–H and O–H groups in total. The summed E-state index contributed by atoms with van der Waals surface area (Å²) in [5, 5.41) is 0. The Balaban J connectivity index is 2.21. The van der Waals surface area contributed by atoms with Crippen molar-refractivity contribution in [1.29, 1.82) is 0 Å². The van der Waals surface area contributed by atoms with Crippen LogP contribution in [0.15, 0.2) is 53.4 Å². The lowest BCUT2D eigenvalue weighted by molar-refractivity contribution is 0.601. The predicted octanol–water partition coefficient (Wildman–Crippen LogP) is 2.90. The Kier molecular flexibility index (Phi) is 4.98. The third-order valence-electron chi connectivity index (χ3n) is 3.19. The molecule has 0 heterocycles. The summed E-state index contributed by atoms with van der Waals surface area (Å²) in [5.74, 6) is 0. The van der Waals surface area contributed by atoms with E-state index >= 15 is 0 Å². The fraction of sp³-hybridized carbons (Fsp3) is 0.250. The van der Waals surface area contributed by atoms with Gasteiger partial charge in [0.25, 0.3) is 10.0 Å². The zero-order valence-corrected chi connectivity index (χ0v) is 12.9. The van der Waals surface area contributed by atoms with E-state index in [1.54, 1.807) is 30.3 Å². The van der Waals surface area contributed by atoms with Crippen LogP contribution in [0.25, 0.3) is 0 Å². The van der Waals surface area contributed by atoms with E-state index < -0.39 is 10.0 Å². The fourth-order valence-corrected chi connectivity index (χ4v) is 3.15. The Labute approximate surface area is 126 Å². The first-order valence-corrected chi connectivity index (χ1v) is 8.44. The lowest BCUT2D eigenvalue weighted by Gasteiger charge is -2.09. The highest BCUT2D eigenvalue weighted by molar-refractivity contribution is 7.92. The molecule has 0 saturated heterocycles. The average Bonchev–Trinajstić information content (AvgIpc) is 2.48. The van der Waals surface area contributed by atoms with Gasteiger partial charge in [-0.05, 0) is 41.8 Å². The maximum absolute atomic E-state index is 12.3. The molecule has 4 nitrogen and oxygen atoms in total. The molecule has 112 valence electrons. The normalized spacial score (nSPS) is 11.3. The summed E-state index contributed by atoms with van der Waals surface area (Å²) in [6.07, 6.45) is 1.99. The minimum Gasteiger partial charge on any atom is -0.326 e. The van der Waals surface area contributed by atoms with Gasteiger partial charge in [0.15, 0.2) is 0 Å². The molecule has 0 bridgehead atoms. The first kappa shape index (κ1) is 15.5. The Morgan fingerprint density at radius 2 is 1.76 bits per heavy atom. The van der Waals surface area contributed by atoms with E-state index in [1.807, 2.05) is 18.2 Å². The molecule has 2 rings (SSSR count). The fourth-order valence-electron chi connectivity index (χ4n) is 2.10. The summed E-state index contributed by atoms with van der Waals surface area (Å²) < 4.78 is 27.2. The van der Waals surface area contributed by atoms with Gasteiger partial charge in [-0.15, -0.1) is 0 Å². The SMILES string of the molecule is CCCc1ccc(S(=O)(=O)Nc2cccc(CN)c2)cc1. The molecular formula is C16H20N2O2S. The minimum absolute atomic E-state index is 0.264. The zero-order valence-electron chi connectivity index (χ0n) is 12.0. The number of benzene rings is 2. The van der Waals surface area contributed by atoms with Gasteiger partial charge in [0.05, 0.1) is 4.90 Å². The second-order valence-electron chi connectivity index (χ2n) is 4.90. The lowest BCUT2D eigenvalue weighted by atomic mass is 10.1. The maximum Gasteiger partial charge on any atom is 0.261 e. The van der Waals surface area contributed by atoms with Crippen molar-refractivity contribution < 1.29 is 8.42 Å². The number of hydrogen-bond acceptors (Lipinski definition) is 3. The van der Waals surface area contributed by atoms with Gasteiger partial charge in [-0.3, -0.25) is 4.72 Å². The molecule has 21 heavy (non-hydrogen) atoms. The summed E-state index contributed by atoms with van der Waals surface area (Å²) in [6.45, 7) is 2.47. The molecule has 0 radical (unpaired) electrons. The Morgan fingerprint density at radius 3 is 2.38 bits per heavy atom. The van der Waals surface area contributed by atoms with Crippen LogP contribution in [0, 0.1) is 0 Å². The van der Waals surface area contributed by atoms with Crippen molar-refractivity contribution in [1.82, 2.24) is 0 Å². The van der Waals surface area contributed by atoms with E-state index in [0.717, 1.165) is 24.0 Å². The second-order valence-corrected chi connectivity index (χ2v) is 6.59. The highest BCUT2D eigenvalue weighted by atomic mass is 32.2. The highest BCUT2D eigenvalue weighted by Crippen LogP contribution is 2.18. The topological polar surface area (TPSA) is 72.2 Å². The molecule has 0 atom stereocenters. The van der Waals surface area contributed by atoms with Gasteiger partial charge in [-0.1, -0.05) is 37.6 Å². The first-order chi connectivity index (χ1) is 10.0. The predicted molar refractivity (Wildman–Crippen MR) is 85.6 cm³/mol. The smallest absolute Gasteiger partial charge is 0.261 e. The highest BCUT2D eigenvalue weighted by Gasteiger charge is 2.14. The Bertz CT molecular complexity index is 694. The largest absolute Gasteiger partial charge is 0.326 e. The number of rotatable bonds is 6. The summed E-state index contributed by atoms with van der Waals surface area (Å²) in [7, 11) is -3.56. The van der Waals surface area contributed by atoms with Crippen LogP contribution < -0.4 is 10.5 Å². The lowest BCUT2D eigenvalue weighted by Crippen LogP contribution is -2.13. The number of hydrogen-bond donors (Lipinski definition) is 2. The molecule has 2 aromatic carbocycles. The van der Waals surface area contributed by atoms with Crippen LogP contribution in [0.3, 0.4) is 0 Å². The molecule has 0 aliphatic carbocycles. The van der Waals surface area contributed by atoms with E-state index in [2.05, 4.69) is 11.6 Å². The number of anilines is 1. The number of nitrogens with one attached hydrogen (secondary N) is 1. The van der Waals surface area contributed by atoms with Crippen molar-refractivity contribution in [3.05, 3.63) is 59.7 Å². The molecule has 0 spiro atoms. The van der Waals surface area contributed by atoms with Gasteiger partial charge < -0.3 is 5.73 Å². The van der Waals surface area contributed by atoms with Crippen molar-refractivity contribution in [3.8, 4) is 0 Å². The van der Waals surface area contributed by atoms with E-state index in [0.29, 0.717) is 12.2 Å². The van der Waals surface area contributed by atoms with Gasteiger partial charge >= 0.3 is 0 Å². The quantitative estimate of drug-likeness (QED) is 0.862. The monoisotopic (exact) mass is 304 g/mol. The first-order valence-electron chi connectivity index (χ1n) is 6.96. The van der Waals surface area contributed by atoms with Gasteiger partial charge in [0, 0.05) is 12.2 Å². The van der Waals surface area contributed by atoms with Crippen LogP contribution in [0.4, 0.5) is 5.69 Å². The number of aryl methyl sites for hydroxylation is 1. The molecule has 0 unspecified atom stereocenters. The van der Waals surface area contributed by atoms with Crippen molar-refractivity contribution in [2.45, 2.75) is 31.2 Å². The molecule has 0 aliphatic heterocycles. The van der Waals surface area contributed by atoms with E-state index in [1.165, 1.54) is 0 Å². The van der Waals surface area contributed by atoms with Crippen molar-refractivity contribution in [2.24, 2.45) is 5.73 Å². The summed E-state index contributed by atoms with van der Waals surface area (Å²) in [4.78, 5) is 0.264. The average molecular weight is 304 g/mol. The van der Waals surface area contributed by atoms with E-state index in [-0.39, 0.29) is 4.90 Å². The number of sulfonamides is 1. The molecule has 5 heteroatoms.